The number of hydrogen-bond donors (Lipinski definition) is 3. The molecule has 0 spiro atoms. The van der Waals surface area contributed by atoms with Crippen molar-refractivity contribution in [3.63, 3.8) is 0 Å². The maximum atomic E-state index is 10.8. The Morgan fingerprint density at radius 3 is 2.52 bits per heavy atom. The van der Waals surface area contributed by atoms with E-state index in [-0.39, 0.29) is 10.7 Å². The number of nitrogens with one attached hydrogen (secondary N) is 1. The highest BCUT2D eigenvalue weighted by molar-refractivity contribution is 7.80. The molecule has 0 unspecified atom stereocenters. The first-order valence-electron chi connectivity index (χ1n) is 6.08. The zero-order chi connectivity index (χ0) is 15.2. The van der Waals surface area contributed by atoms with Crippen LogP contribution in [0, 0.1) is 0 Å². The summed E-state index contributed by atoms with van der Waals surface area (Å²) in [6.07, 6.45) is 1.61. The first kappa shape index (κ1) is 14.7. The number of benzene rings is 2. The van der Waals surface area contributed by atoms with Crippen LogP contribution in [-0.4, -0.2) is 22.4 Å². The minimum atomic E-state index is -0.939. The number of hydrogen-bond acceptors (Lipinski definition) is 3. The second kappa shape index (κ2) is 6.62. The van der Waals surface area contributed by atoms with Gasteiger partial charge in [0.15, 0.2) is 5.11 Å². The second-order valence-electron chi connectivity index (χ2n) is 4.24. The molecule has 0 bridgehead atoms. The average Bonchev–Trinajstić information content (AvgIpc) is 2.47. The number of carboxylic acids is 1. The van der Waals surface area contributed by atoms with E-state index in [2.05, 4.69) is 22.7 Å². The molecule has 0 aliphatic rings. The van der Waals surface area contributed by atoms with Crippen LogP contribution in [-0.2, 0) is 0 Å². The third-order valence-corrected chi connectivity index (χ3v) is 2.83. The molecule has 0 aliphatic heterocycles. The third kappa shape index (κ3) is 4.12. The number of carboxylic acid groups (broad SMARTS) is 1. The van der Waals surface area contributed by atoms with E-state index in [0.717, 1.165) is 16.7 Å². The number of nitrogens with two attached hydrogens (primary N) is 1. The summed E-state index contributed by atoms with van der Waals surface area (Å²) in [6, 6.07) is 14.3. The van der Waals surface area contributed by atoms with E-state index in [4.69, 9.17) is 10.8 Å². The zero-order valence-electron chi connectivity index (χ0n) is 11.0. The summed E-state index contributed by atoms with van der Waals surface area (Å²) >= 11 is 4.65. The van der Waals surface area contributed by atoms with Crippen molar-refractivity contribution in [1.29, 1.82) is 0 Å². The van der Waals surface area contributed by atoms with Gasteiger partial charge in [-0.15, -0.1) is 0 Å². The molecule has 2 rings (SSSR count). The Kier molecular flexibility index (Phi) is 4.63. The summed E-state index contributed by atoms with van der Waals surface area (Å²) in [7, 11) is 0. The lowest BCUT2D eigenvalue weighted by Gasteiger charge is -2.04. The highest BCUT2D eigenvalue weighted by atomic mass is 32.1. The number of rotatable bonds is 4. The van der Waals surface area contributed by atoms with Gasteiger partial charge in [0.05, 0.1) is 11.8 Å². The van der Waals surface area contributed by atoms with Gasteiger partial charge in [-0.2, -0.15) is 5.10 Å². The van der Waals surface area contributed by atoms with E-state index in [1.807, 2.05) is 24.3 Å². The van der Waals surface area contributed by atoms with Crippen LogP contribution < -0.4 is 11.2 Å². The van der Waals surface area contributed by atoms with E-state index in [9.17, 15) is 4.79 Å². The topological polar surface area (TPSA) is 87.7 Å². The van der Waals surface area contributed by atoms with Gasteiger partial charge in [-0.3, -0.25) is 5.43 Å². The number of carbonyl (C=O) groups is 1. The Morgan fingerprint density at radius 2 is 1.90 bits per heavy atom. The van der Waals surface area contributed by atoms with Crippen LogP contribution in [0.2, 0.25) is 0 Å². The molecule has 0 radical (unpaired) electrons. The second-order valence-corrected chi connectivity index (χ2v) is 4.68. The summed E-state index contributed by atoms with van der Waals surface area (Å²) in [5.41, 5.74) is 10.8. The van der Waals surface area contributed by atoms with Crippen LogP contribution in [0.5, 0.6) is 0 Å². The SMILES string of the molecule is NC(=S)N/N=C/c1cccc(-c2ccc(C(=O)O)cc2)c1. The molecule has 2 aromatic rings. The molecule has 0 saturated heterocycles. The first-order valence-corrected chi connectivity index (χ1v) is 6.49. The predicted molar refractivity (Wildman–Crippen MR) is 86.4 cm³/mol. The molecule has 0 aliphatic carbocycles. The lowest BCUT2D eigenvalue weighted by molar-refractivity contribution is 0.0697. The van der Waals surface area contributed by atoms with Crippen LogP contribution >= 0.6 is 12.2 Å². The van der Waals surface area contributed by atoms with Crippen molar-refractivity contribution >= 4 is 29.5 Å². The largest absolute Gasteiger partial charge is 0.478 e. The van der Waals surface area contributed by atoms with Crippen molar-refractivity contribution in [1.82, 2.24) is 5.43 Å². The molecule has 6 heteroatoms. The molecule has 0 atom stereocenters. The molecule has 0 fully saturated rings. The van der Waals surface area contributed by atoms with Crippen LogP contribution in [0.15, 0.2) is 53.6 Å². The highest BCUT2D eigenvalue weighted by Crippen LogP contribution is 2.20. The average molecular weight is 299 g/mol. The first-order chi connectivity index (χ1) is 10.1. The molecular weight excluding hydrogens is 286 g/mol. The Labute approximate surface area is 127 Å². The highest BCUT2D eigenvalue weighted by Gasteiger charge is 2.03. The standard InChI is InChI=1S/C15H13N3O2S/c16-15(21)18-17-9-10-2-1-3-13(8-10)11-4-6-12(7-5-11)14(19)20/h1-9H,(H,19,20)(H3,16,18,21)/b17-9+. The summed E-state index contributed by atoms with van der Waals surface area (Å²) in [5, 5.41) is 12.9. The normalized spacial score (nSPS) is 10.5. The smallest absolute Gasteiger partial charge is 0.335 e. The number of thiocarbonyl (C=S) groups is 1. The summed E-state index contributed by atoms with van der Waals surface area (Å²) < 4.78 is 0. The van der Waals surface area contributed by atoms with Crippen molar-refractivity contribution in [2.75, 3.05) is 0 Å². The van der Waals surface area contributed by atoms with Crippen molar-refractivity contribution in [3.8, 4) is 11.1 Å². The van der Waals surface area contributed by atoms with E-state index in [1.54, 1.807) is 30.5 Å². The molecule has 106 valence electrons. The summed E-state index contributed by atoms with van der Waals surface area (Å²) in [6.45, 7) is 0. The lowest BCUT2D eigenvalue weighted by Crippen LogP contribution is -2.23. The number of nitrogens with zero attached hydrogens (tertiary/aromatic N) is 1. The molecule has 0 heterocycles. The fourth-order valence-electron chi connectivity index (χ4n) is 1.77. The quantitative estimate of drug-likeness (QED) is 0.458. The maximum Gasteiger partial charge on any atom is 0.335 e. The van der Waals surface area contributed by atoms with Crippen molar-refractivity contribution < 1.29 is 9.90 Å². The monoisotopic (exact) mass is 299 g/mol. The fourth-order valence-corrected chi connectivity index (χ4v) is 1.83. The van der Waals surface area contributed by atoms with E-state index < -0.39 is 5.97 Å². The van der Waals surface area contributed by atoms with Gasteiger partial charge in [-0.25, -0.2) is 4.79 Å². The Hall–Kier alpha value is -2.73. The van der Waals surface area contributed by atoms with Gasteiger partial charge in [0.1, 0.15) is 0 Å². The number of hydrazone groups is 1. The molecule has 2 aromatic carbocycles. The fraction of sp³-hybridized carbons (Fsp3) is 0. The minimum absolute atomic E-state index is 0.103. The van der Waals surface area contributed by atoms with E-state index in [0.29, 0.717) is 0 Å². The molecular formula is C15H13N3O2S. The number of aromatic carboxylic acids is 1. The van der Waals surface area contributed by atoms with Gasteiger partial charge in [-0.1, -0.05) is 30.3 Å². The maximum absolute atomic E-state index is 10.8. The Balaban J connectivity index is 2.22. The summed E-state index contributed by atoms with van der Waals surface area (Å²) in [4.78, 5) is 10.8. The minimum Gasteiger partial charge on any atom is -0.478 e. The molecule has 4 N–H and O–H groups in total. The van der Waals surface area contributed by atoms with Gasteiger partial charge in [-0.05, 0) is 47.1 Å². The van der Waals surface area contributed by atoms with Crippen LogP contribution in [0.1, 0.15) is 15.9 Å². The van der Waals surface area contributed by atoms with Crippen molar-refractivity contribution in [2.45, 2.75) is 0 Å². The van der Waals surface area contributed by atoms with Crippen LogP contribution in [0.3, 0.4) is 0 Å². The lowest BCUT2D eigenvalue weighted by atomic mass is 10.0. The van der Waals surface area contributed by atoms with Gasteiger partial charge in [0.2, 0.25) is 0 Å². The van der Waals surface area contributed by atoms with Gasteiger partial charge >= 0.3 is 5.97 Å². The molecule has 5 nitrogen and oxygen atoms in total. The third-order valence-electron chi connectivity index (χ3n) is 2.74. The van der Waals surface area contributed by atoms with Gasteiger partial charge < -0.3 is 10.8 Å². The Morgan fingerprint density at radius 1 is 1.19 bits per heavy atom. The van der Waals surface area contributed by atoms with Crippen LogP contribution in [0.4, 0.5) is 0 Å². The molecule has 0 saturated carbocycles. The molecule has 0 amide bonds. The van der Waals surface area contributed by atoms with Gasteiger partial charge in [0.25, 0.3) is 0 Å². The van der Waals surface area contributed by atoms with E-state index >= 15 is 0 Å². The van der Waals surface area contributed by atoms with Crippen molar-refractivity contribution in [2.24, 2.45) is 10.8 Å². The van der Waals surface area contributed by atoms with Crippen LogP contribution in [0.25, 0.3) is 11.1 Å². The molecule has 21 heavy (non-hydrogen) atoms. The van der Waals surface area contributed by atoms with Crippen molar-refractivity contribution in [3.05, 3.63) is 59.7 Å². The predicted octanol–water partition coefficient (Wildman–Crippen LogP) is 2.22. The molecule has 0 aromatic heterocycles. The van der Waals surface area contributed by atoms with E-state index in [1.165, 1.54) is 0 Å². The zero-order valence-corrected chi connectivity index (χ0v) is 11.8. The Bertz CT molecular complexity index is 696. The summed E-state index contributed by atoms with van der Waals surface area (Å²) in [5.74, 6) is -0.939. The van der Waals surface area contributed by atoms with Gasteiger partial charge in [0, 0.05) is 0 Å².